The van der Waals surface area contributed by atoms with Crippen LogP contribution in [0.4, 0.5) is 18.9 Å². The molecule has 5 heterocycles. The number of pyridine rings is 1. The monoisotopic (exact) mass is 662 g/mol. The minimum absolute atomic E-state index is 0. The Balaban J connectivity index is 0.00000357. The maximum Gasteiger partial charge on any atom is 0.301 e. The summed E-state index contributed by atoms with van der Waals surface area (Å²) in [6.45, 7) is 3.26. The summed E-state index contributed by atoms with van der Waals surface area (Å²) in [6, 6.07) is 3.35. The van der Waals surface area contributed by atoms with E-state index >= 15 is 4.39 Å². The normalized spacial score (nSPS) is 20.2. The number of carbonyl (C=O) groups excluding carboxylic acids is 1. The second-order valence-electron chi connectivity index (χ2n) is 11.4. The number of fused-ring (bicyclic) bond motifs is 1. The number of nitrogens with one attached hydrogen (secondary N) is 3. The largest absolute Gasteiger partial charge is 0.345 e. The number of nitrogens with zero attached hydrogens (tertiary/aromatic N) is 5. The number of rotatable bonds is 8. The van der Waals surface area contributed by atoms with Crippen molar-refractivity contribution in [1.29, 1.82) is 0 Å². The van der Waals surface area contributed by atoms with Gasteiger partial charge in [0.1, 0.15) is 23.5 Å². The Kier molecular flexibility index (Phi) is 8.33. The highest BCUT2D eigenvalue weighted by atomic mass is 35.5. The van der Waals surface area contributed by atoms with Gasteiger partial charge >= 0.3 is 10.2 Å². The number of anilines is 1. The zero-order chi connectivity index (χ0) is 30.6. The van der Waals surface area contributed by atoms with Crippen molar-refractivity contribution in [3.8, 4) is 11.1 Å². The quantitative estimate of drug-likeness (QED) is 0.244. The number of aromatic amines is 1. The van der Waals surface area contributed by atoms with Crippen LogP contribution in [0.15, 0.2) is 43.0 Å². The molecule has 3 N–H and O–H groups in total. The second-order valence-corrected chi connectivity index (χ2v) is 13.0. The highest BCUT2D eigenvalue weighted by molar-refractivity contribution is 7.90. The van der Waals surface area contributed by atoms with Crippen LogP contribution in [0.3, 0.4) is 0 Å². The molecule has 1 atom stereocenters. The lowest BCUT2D eigenvalue weighted by Crippen LogP contribution is -2.49. The first-order chi connectivity index (χ1) is 21.2. The summed E-state index contributed by atoms with van der Waals surface area (Å²) in [4.78, 5) is 32.5. The fraction of sp³-hybridized carbons (Fsp3) is 0.379. The van der Waals surface area contributed by atoms with Gasteiger partial charge in [0, 0.05) is 86.1 Å². The van der Waals surface area contributed by atoms with E-state index < -0.39 is 45.0 Å². The molecule has 2 aliphatic heterocycles. The molecule has 11 nitrogen and oxygen atoms in total. The molecule has 1 aromatic carbocycles. The smallest absolute Gasteiger partial charge is 0.301 e. The molecule has 1 saturated carbocycles. The number of H-pyrrole nitrogens is 1. The summed E-state index contributed by atoms with van der Waals surface area (Å²) in [5.74, 6) is -2.78. The van der Waals surface area contributed by atoms with E-state index in [1.54, 1.807) is 24.7 Å². The predicted octanol–water partition coefficient (Wildman–Crippen LogP) is 3.55. The standard InChI is InChI=1S/C29H29F3N8O3S.ClH/c30-19-3-8-40(16-19)44(42,43)38-23-2-1-22(31)24(25(23)32)26(41)21-15-35-27-20(21)11-17(12-34-27)18-13-36-28(37-14-18)29(4-5-29)39-9-6-33-7-10-39;/h1-2,11-15,19,33,38H,3-10,16H2,(H,34,35);1H. The third-order valence-corrected chi connectivity index (χ3v) is 10.1. The van der Waals surface area contributed by atoms with E-state index in [9.17, 15) is 22.0 Å². The Hall–Kier alpha value is -3.63. The van der Waals surface area contributed by atoms with Crippen LogP contribution in [0.2, 0.25) is 0 Å². The van der Waals surface area contributed by atoms with Crippen molar-refractivity contribution in [3.63, 3.8) is 0 Å². The highest BCUT2D eigenvalue weighted by Gasteiger charge is 2.52. The van der Waals surface area contributed by atoms with Crippen LogP contribution < -0.4 is 10.0 Å². The number of piperazine rings is 1. The van der Waals surface area contributed by atoms with Crippen molar-refractivity contribution < 1.29 is 26.4 Å². The fourth-order valence-electron chi connectivity index (χ4n) is 6.04. The first-order valence-corrected chi connectivity index (χ1v) is 15.8. The number of benzene rings is 1. The molecule has 0 bridgehead atoms. The number of hydrogen-bond acceptors (Lipinski definition) is 8. The van der Waals surface area contributed by atoms with Crippen molar-refractivity contribution in [2.24, 2.45) is 0 Å². The average molecular weight is 663 g/mol. The minimum atomic E-state index is -4.33. The maximum atomic E-state index is 15.6. The molecular weight excluding hydrogens is 633 g/mol. The van der Waals surface area contributed by atoms with E-state index in [2.05, 4.69) is 30.2 Å². The molecule has 0 amide bonds. The summed E-state index contributed by atoms with van der Waals surface area (Å²) in [5, 5.41) is 3.68. The van der Waals surface area contributed by atoms with Gasteiger partial charge in [-0.3, -0.25) is 14.4 Å². The first kappa shape index (κ1) is 31.4. The topological polar surface area (TPSA) is 136 Å². The van der Waals surface area contributed by atoms with Crippen LogP contribution in [0.5, 0.6) is 0 Å². The van der Waals surface area contributed by atoms with E-state index in [1.807, 2.05) is 4.72 Å². The Morgan fingerprint density at radius 2 is 1.73 bits per heavy atom. The zero-order valence-electron chi connectivity index (χ0n) is 23.9. The molecular formula is C29H30ClF3N8O3S. The summed E-state index contributed by atoms with van der Waals surface area (Å²) in [6.07, 6.45) is 6.99. The Morgan fingerprint density at radius 3 is 2.40 bits per heavy atom. The number of ketones is 1. The van der Waals surface area contributed by atoms with Crippen LogP contribution >= 0.6 is 12.4 Å². The molecule has 3 aliphatic rings. The van der Waals surface area contributed by atoms with Crippen molar-refractivity contribution in [1.82, 2.24) is 34.5 Å². The summed E-state index contributed by atoms with van der Waals surface area (Å²) < 4.78 is 72.3. The molecule has 2 saturated heterocycles. The molecule has 1 aliphatic carbocycles. The van der Waals surface area contributed by atoms with Crippen molar-refractivity contribution in [2.75, 3.05) is 44.0 Å². The lowest BCUT2D eigenvalue weighted by atomic mass is 10.0. The van der Waals surface area contributed by atoms with Crippen LogP contribution in [-0.4, -0.2) is 88.8 Å². The number of hydrogen-bond donors (Lipinski definition) is 3. The summed E-state index contributed by atoms with van der Waals surface area (Å²) >= 11 is 0. The molecule has 16 heteroatoms. The average Bonchev–Trinajstić information content (AvgIpc) is 3.53. The first-order valence-electron chi connectivity index (χ1n) is 14.4. The van der Waals surface area contributed by atoms with E-state index in [0.717, 1.165) is 61.3 Å². The molecule has 1 unspecified atom stereocenters. The number of carbonyl (C=O) groups is 1. The molecule has 238 valence electrons. The van der Waals surface area contributed by atoms with Gasteiger partial charge < -0.3 is 10.3 Å². The molecule has 4 aromatic rings. The second kappa shape index (κ2) is 11.9. The van der Waals surface area contributed by atoms with Gasteiger partial charge in [0.05, 0.1) is 16.8 Å². The molecule has 0 spiro atoms. The van der Waals surface area contributed by atoms with E-state index in [-0.39, 0.29) is 43.0 Å². The third kappa shape index (κ3) is 5.67. The lowest BCUT2D eigenvalue weighted by molar-refractivity contribution is 0.103. The van der Waals surface area contributed by atoms with Crippen LogP contribution in [-0.2, 0) is 15.7 Å². The van der Waals surface area contributed by atoms with Crippen molar-refractivity contribution in [3.05, 3.63) is 71.6 Å². The maximum absolute atomic E-state index is 15.6. The fourth-order valence-corrected chi connectivity index (χ4v) is 7.31. The predicted molar refractivity (Wildman–Crippen MR) is 163 cm³/mol. The Labute approximate surface area is 263 Å². The number of aromatic nitrogens is 4. The van der Waals surface area contributed by atoms with Gasteiger partial charge in [-0.05, 0) is 37.5 Å². The van der Waals surface area contributed by atoms with Crippen molar-refractivity contribution in [2.45, 2.75) is 31.0 Å². The number of halogens is 4. The number of alkyl halides is 1. The van der Waals surface area contributed by atoms with Crippen LogP contribution in [0.1, 0.15) is 41.0 Å². The molecule has 0 radical (unpaired) electrons. The van der Waals surface area contributed by atoms with E-state index in [1.165, 1.54) is 6.20 Å². The molecule has 3 aromatic heterocycles. The molecule has 7 rings (SSSR count). The van der Waals surface area contributed by atoms with Gasteiger partial charge in [-0.15, -0.1) is 12.4 Å². The van der Waals surface area contributed by atoms with E-state index in [0.29, 0.717) is 22.2 Å². The minimum Gasteiger partial charge on any atom is -0.345 e. The van der Waals surface area contributed by atoms with Crippen molar-refractivity contribution >= 4 is 45.1 Å². The van der Waals surface area contributed by atoms with Gasteiger partial charge in [0.15, 0.2) is 5.82 Å². The summed E-state index contributed by atoms with van der Waals surface area (Å²) in [7, 11) is -4.33. The molecule has 45 heavy (non-hydrogen) atoms. The lowest BCUT2D eigenvalue weighted by Gasteiger charge is -2.34. The van der Waals surface area contributed by atoms with Gasteiger partial charge in [-0.25, -0.2) is 28.1 Å². The van der Waals surface area contributed by atoms with Crippen LogP contribution in [0, 0.1) is 11.6 Å². The zero-order valence-corrected chi connectivity index (χ0v) is 25.5. The van der Waals surface area contributed by atoms with Gasteiger partial charge in [0.2, 0.25) is 5.78 Å². The third-order valence-electron chi connectivity index (χ3n) is 8.61. The Bertz CT molecular complexity index is 1860. The van der Waals surface area contributed by atoms with Crippen LogP contribution in [0.25, 0.3) is 22.2 Å². The summed E-state index contributed by atoms with van der Waals surface area (Å²) in [5.41, 5.74) is -0.171. The SMILES string of the molecule is Cl.O=C(c1c(F)ccc(NS(=O)(=O)N2CCC(F)C2)c1F)c1c[nH]c2ncc(-c3cnc(C4(N5CCNCC5)CC4)nc3)cc12. The molecule has 3 fully saturated rings. The van der Waals surface area contributed by atoms with Gasteiger partial charge in [-0.2, -0.15) is 12.7 Å². The van der Waals surface area contributed by atoms with Gasteiger partial charge in [-0.1, -0.05) is 0 Å². The van der Waals surface area contributed by atoms with E-state index in [4.69, 9.17) is 0 Å². The Morgan fingerprint density at radius 1 is 1.02 bits per heavy atom. The van der Waals surface area contributed by atoms with Gasteiger partial charge in [0.25, 0.3) is 0 Å². The highest BCUT2D eigenvalue weighted by Crippen LogP contribution is 2.49.